The number of Topliss-reactive ketones (excluding diaryl/α,β-unsaturated/α-hetero) is 1. The van der Waals surface area contributed by atoms with Gasteiger partial charge in [-0.3, -0.25) is 9.69 Å². The molecular formula is C17H18FNO6. The smallest absolute Gasteiger partial charge is 0.411 e. The third-order valence-corrected chi connectivity index (χ3v) is 3.38. The van der Waals surface area contributed by atoms with Crippen molar-refractivity contribution in [2.45, 2.75) is 26.4 Å². The molecule has 0 fully saturated rings. The molecule has 8 heteroatoms. The number of carbonyl (C=O) groups is 3. The Morgan fingerprint density at radius 1 is 1.24 bits per heavy atom. The number of rotatable bonds is 2. The fraction of sp³-hybridized carbons (Fsp3) is 0.353. The van der Waals surface area contributed by atoms with E-state index in [1.807, 2.05) is 0 Å². The first kappa shape index (κ1) is 18.4. The topological polar surface area (TPSA) is 104 Å². The molecule has 1 heterocycles. The number of amides is 1. The SMILES string of the molecule is CC(C)(C)OC(=O)N1CC(=O)C(c2cc(F)ccc2C(=O)O)=C(O)C1. The van der Waals surface area contributed by atoms with Crippen molar-refractivity contribution in [2.24, 2.45) is 0 Å². The van der Waals surface area contributed by atoms with Crippen LogP contribution in [0.2, 0.25) is 0 Å². The van der Waals surface area contributed by atoms with E-state index in [0.29, 0.717) is 0 Å². The van der Waals surface area contributed by atoms with Gasteiger partial charge in [0.25, 0.3) is 0 Å². The summed E-state index contributed by atoms with van der Waals surface area (Å²) in [6, 6.07) is 2.84. The molecule has 134 valence electrons. The van der Waals surface area contributed by atoms with E-state index in [9.17, 15) is 29.0 Å². The number of carbonyl (C=O) groups excluding carboxylic acids is 2. The number of halogens is 1. The number of aliphatic hydroxyl groups excluding tert-OH is 1. The second-order valence-electron chi connectivity index (χ2n) is 6.58. The molecule has 1 aromatic rings. The molecule has 0 saturated carbocycles. The molecule has 1 aliphatic heterocycles. The number of hydrogen-bond acceptors (Lipinski definition) is 5. The second-order valence-corrected chi connectivity index (χ2v) is 6.58. The second kappa shape index (κ2) is 6.54. The Morgan fingerprint density at radius 2 is 1.88 bits per heavy atom. The van der Waals surface area contributed by atoms with Crippen molar-refractivity contribution in [3.05, 3.63) is 40.9 Å². The lowest BCUT2D eigenvalue weighted by molar-refractivity contribution is -0.115. The maximum absolute atomic E-state index is 13.5. The third-order valence-electron chi connectivity index (χ3n) is 3.38. The van der Waals surface area contributed by atoms with Gasteiger partial charge in [-0.15, -0.1) is 0 Å². The van der Waals surface area contributed by atoms with Crippen LogP contribution in [0.1, 0.15) is 36.7 Å². The number of carboxylic acids is 1. The fourth-order valence-corrected chi connectivity index (χ4v) is 2.40. The van der Waals surface area contributed by atoms with Gasteiger partial charge in [0.1, 0.15) is 17.2 Å². The van der Waals surface area contributed by atoms with E-state index in [0.717, 1.165) is 23.1 Å². The monoisotopic (exact) mass is 351 g/mol. The molecule has 0 aliphatic carbocycles. The molecule has 0 bridgehead atoms. The summed E-state index contributed by atoms with van der Waals surface area (Å²) in [5.74, 6) is -3.33. The largest absolute Gasteiger partial charge is 0.510 e. The van der Waals surface area contributed by atoms with E-state index in [1.165, 1.54) is 0 Å². The summed E-state index contributed by atoms with van der Waals surface area (Å²) in [4.78, 5) is 36.7. The lowest BCUT2D eigenvalue weighted by Crippen LogP contribution is -2.44. The molecule has 0 atom stereocenters. The van der Waals surface area contributed by atoms with E-state index in [2.05, 4.69) is 0 Å². The highest BCUT2D eigenvalue weighted by atomic mass is 19.1. The summed E-state index contributed by atoms with van der Waals surface area (Å²) in [6.45, 7) is 4.21. The lowest BCUT2D eigenvalue weighted by atomic mass is 9.93. The zero-order chi connectivity index (χ0) is 18.9. The van der Waals surface area contributed by atoms with E-state index < -0.39 is 41.6 Å². The minimum Gasteiger partial charge on any atom is -0.510 e. The zero-order valence-corrected chi connectivity index (χ0v) is 14.0. The predicted octanol–water partition coefficient (Wildman–Crippen LogP) is 2.61. The highest BCUT2D eigenvalue weighted by Gasteiger charge is 2.33. The number of nitrogens with zero attached hydrogens (tertiary/aromatic N) is 1. The molecule has 0 unspecified atom stereocenters. The van der Waals surface area contributed by atoms with Gasteiger partial charge in [0.15, 0.2) is 5.78 Å². The molecule has 1 aliphatic rings. The van der Waals surface area contributed by atoms with Crippen molar-refractivity contribution < 1.29 is 33.7 Å². The van der Waals surface area contributed by atoms with Gasteiger partial charge in [-0.2, -0.15) is 0 Å². The molecule has 2 rings (SSSR count). The summed E-state index contributed by atoms with van der Waals surface area (Å²) < 4.78 is 18.7. The average Bonchev–Trinajstić information content (AvgIpc) is 2.44. The third kappa shape index (κ3) is 4.14. The number of ether oxygens (including phenoxy) is 1. The number of ketones is 1. The van der Waals surface area contributed by atoms with Crippen LogP contribution >= 0.6 is 0 Å². The van der Waals surface area contributed by atoms with Crippen LogP contribution in [0, 0.1) is 5.82 Å². The number of benzene rings is 1. The molecule has 0 saturated heterocycles. The van der Waals surface area contributed by atoms with Crippen LogP contribution in [0.3, 0.4) is 0 Å². The standard InChI is InChI=1S/C17H18FNO6/c1-17(2,3)25-16(24)19-7-12(20)14(13(21)8-19)11-6-9(18)4-5-10(11)15(22)23/h4-6,20H,7-8H2,1-3H3,(H,22,23). The van der Waals surface area contributed by atoms with Gasteiger partial charge >= 0.3 is 12.1 Å². The number of aromatic carboxylic acids is 1. The van der Waals surface area contributed by atoms with E-state index in [1.54, 1.807) is 20.8 Å². The Morgan fingerprint density at radius 3 is 2.40 bits per heavy atom. The van der Waals surface area contributed by atoms with Gasteiger partial charge in [0.2, 0.25) is 0 Å². The van der Waals surface area contributed by atoms with Crippen LogP contribution in [-0.4, -0.2) is 51.6 Å². The molecule has 0 radical (unpaired) electrons. The van der Waals surface area contributed by atoms with Crippen molar-refractivity contribution in [2.75, 3.05) is 13.1 Å². The molecule has 1 amide bonds. The van der Waals surface area contributed by atoms with Gasteiger partial charge in [0, 0.05) is 5.56 Å². The molecule has 7 nitrogen and oxygen atoms in total. The normalized spacial score (nSPS) is 15.4. The Bertz CT molecular complexity index is 778. The van der Waals surface area contributed by atoms with Gasteiger partial charge in [-0.25, -0.2) is 14.0 Å². The van der Waals surface area contributed by atoms with Gasteiger partial charge in [0.05, 0.1) is 24.2 Å². The minimum absolute atomic E-state index is 0.223. The van der Waals surface area contributed by atoms with Crippen LogP contribution in [0.5, 0.6) is 0 Å². The predicted molar refractivity (Wildman–Crippen MR) is 85.7 cm³/mol. The van der Waals surface area contributed by atoms with Crippen LogP contribution < -0.4 is 0 Å². The Labute approximate surface area is 143 Å². The Kier molecular flexibility index (Phi) is 4.82. The molecule has 0 spiro atoms. The lowest BCUT2D eigenvalue weighted by Gasteiger charge is -2.30. The molecule has 2 N–H and O–H groups in total. The van der Waals surface area contributed by atoms with Crippen molar-refractivity contribution in [3.8, 4) is 0 Å². The maximum atomic E-state index is 13.5. The van der Waals surface area contributed by atoms with Gasteiger partial charge in [-0.05, 0) is 39.0 Å². The first-order valence-electron chi connectivity index (χ1n) is 7.46. The van der Waals surface area contributed by atoms with Crippen molar-refractivity contribution in [1.29, 1.82) is 0 Å². The molecule has 1 aromatic carbocycles. The first-order valence-corrected chi connectivity index (χ1v) is 7.46. The summed E-state index contributed by atoms with van der Waals surface area (Å²) in [6.07, 6.45) is -0.788. The van der Waals surface area contributed by atoms with E-state index in [-0.39, 0.29) is 23.2 Å². The highest BCUT2D eigenvalue weighted by Crippen LogP contribution is 2.28. The number of carboxylic acid groups (broad SMARTS) is 1. The quantitative estimate of drug-likeness (QED) is 0.849. The Hall–Kier alpha value is -2.90. The minimum atomic E-state index is -1.36. The van der Waals surface area contributed by atoms with Crippen molar-refractivity contribution in [3.63, 3.8) is 0 Å². The average molecular weight is 351 g/mol. The van der Waals surface area contributed by atoms with Crippen LogP contribution in [0.25, 0.3) is 5.57 Å². The zero-order valence-electron chi connectivity index (χ0n) is 14.0. The maximum Gasteiger partial charge on any atom is 0.411 e. The number of aliphatic hydroxyl groups is 1. The van der Waals surface area contributed by atoms with E-state index >= 15 is 0 Å². The highest BCUT2D eigenvalue weighted by molar-refractivity contribution is 6.25. The molecule has 25 heavy (non-hydrogen) atoms. The van der Waals surface area contributed by atoms with Crippen molar-refractivity contribution in [1.82, 2.24) is 4.90 Å². The summed E-state index contributed by atoms with van der Waals surface area (Å²) in [5.41, 5.74) is -1.63. The first-order chi connectivity index (χ1) is 11.5. The molecular weight excluding hydrogens is 333 g/mol. The molecule has 0 aromatic heterocycles. The van der Waals surface area contributed by atoms with Crippen LogP contribution in [-0.2, 0) is 9.53 Å². The van der Waals surface area contributed by atoms with E-state index in [4.69, 9.17) is 4.74 Å². The summed E-state index contributed by atoms with van der Waals surface area (Å²) in [7, 11) is 0. The van der Waals surface area contributed by atoms with Gasteiger partial charge < -0.3 is 14.9 Å². The van der Waals surface area contributed by atoms with Crippen molar-refractivity contribution >= 4 is 23.4 Å². The number of hydrogen-bond donors (Lipinski definition) is 2. The fourth-order valence-electron chi connectivity index (χ4n) is 2.40. The summed E-state index contributed by atoms with van der Waals surface area (Å²) in [5, 5.41) is 19.4. The van der Waals surface area contributed by atoms with Crippen LogP contribution in [0.4, 0.5) is 9.18 Å². The summed E-state index contributed by atoms with van der Waals surface area (Å²) >= 11 is 0. The van der Waals surface area contributed by atoms with Gasteiger partial charge in [-0.1, -0.05) is 0 Å². The Balaban J connectivity index is 2.40. The van der Waals surface area contributed by atoms with Crippen LogP contribution in [0.15, 0.2) is 24.0 Å².